The molecule has 3 amide bonds. The summed E-state index contributed by atoms with van der Waals surface area (Å²) < 4.78 is 6.57. The van der Waals surface area contributed by atoms with E-state index in [0.717, 1.165) is 15.6 Å². The maximum atomic E-state index is 13.8. The summed E-state index contributed by atoms with van der Waals surface area (Å²) in [6.07, 6.45) is 0. The number of fused-ring (bicyclic) bond motifs is 1. The molecule has 3 aromatic rings. The van der Waals surface area contributed by atoms with Gasteiger partial charge in [0, 0.05) is 15.6 Å². The van der Waals surface area contributed by atoms with E-state index in [9.17, 15) is 14.4 Å². The van der Waals surface area contributed by atoms with Gasteiger partial charge in [0.05, 0.1) is 24.3 Å². The Morgan fingerprint density at radius 2 is 1.77 bits per heavy atom. The normalized spacial score (nSPS) is 21.4. The van der Waals surface area contributed by atoms with Crippen LogP contribution in [0.25, 0.3) is 0 Å². The molecule has 35 heavy (non-hydrogen) atoms. The van der Waals surface area contributed by atoms with Crippen LogP contribution in [0.15, 0.2) is 77.3 Å². The van der Waals surface area contributed by atoms with E-state index in [0.29, 0.717) is 23.6 Å². The average Bonchev–Trinajstić information content (AvgIpc) is 3.36. The Kier molecular flexibility index (Phi) is 6.17. The third kappa shape index (κ3) is 4.02. The van der Waals surface area contributed by atoms with Gasteiger partial charge >= 0.3 is 0 Å². The van der Waals surface area contributed by atoms with E-state index in [1.807, 2.05) is 56.3 Å². The van der Waals surface area contributed by atoms with Crippen LogP contribution in [-0.4, -0.2) is 35.4 Å². The molecule has 0 unspecified atom stereocenters. The van der Waals surface area contributed by atoms with E-state index in [1.54, 1.807) is 30.3 Å². The van der Waals surface area contributed by atoms with Gasteiger partial charge in [-0.25, -0.2) is 10.3 Å². The molecule has 0 bridgehead atoms. The molecule has 1 N–H and O–H groups in total. The van der Waals surface area contributed by atoms with Crippen LogP contribution in [0, 0.1) is 12.8 Å². The molecule has 0 aliphatic carbocycles. The lowest BCUT2D eigenvalue weighted by Crippen LogP contribution is -2.48. The second-order valence-electron chi connectivity index (χ2n) is 8.58. The maximum absolute atomic E-state index is 13.8. The van der Waals surface area contributed by atoms with E-state index in [4.69, 9.17) is 4.74 Å². The van der Waals surface area contributed by atoms with Gasteiger partial charge in [0.2, 0.25) is 5.91 Å². The van der Waals surface area contributed by atoms with Crippen LogP contribution in [-0.2, 0) is 9.59 Å². The lowest BCUT2D eigenvalue weighted by Gasteiger charge is -2.26. The summed E-state index contributed by atoms with van der Waals surface area (Å²) >= 11 is 3.40. The topological polar surface area (TPSA) is 79.0 Å². The van der Waals surface area contributed by atoms with Crippen LogP contribution < -0.4 is 15.1 Å². The lowest BCUT2D eigenvalue weighted by molar-refractivity contribution is -0.123. The highest BCUT2D eigenvalue weighted by atomic mass is 79.9. The summed E-state index contributed by atoms with van der Waals surface area (Å²) in [6.45, 7) is 4.23. The molecule has 2 fully saturated rings. The second kappa shape index (κ2) is 9.28. The fourth-order valence-electron chi connectivity index (χ4n) is 4.84. The van der Waals surface area contributed by atoms with Gasteiger partial charge in [-0.2, -0.15) is 0 Å². The monoisotopic (exact) mass is 533 g/mol. The molecule has 7 nitrogen and oxygen atoms in total. The first-order valence-electron chi connectivity index (χ1n) is 11.4. The lowest BCUT2D eigenvalue weighted by atomic mass is 9.90. The largest absolute Gasteiger partial charge is 0.494 e. The number of halogens is 1. The number of anilines is 1. The Morgan fingerprint density at radius 3 is 2.51 bits per heavy atom. The summed E-state index contributed by atoms with van der Waals surface area (Å²) in [7, 11) is 0. The van der Waals surface area contributed by atoms with Crippen LogP contribution in [0.3, 0.4) is 0 Å². The first kappa shape index (κ1) is 23.3. The van der Waals surface area contributed by atoms with Gasteiger partial charge in [-0.3, -0.25) is 19.4 Å². The predicted octanol–water partition coefficient (Wildman–Crippen LogP) is 4.42. The molecule has 5 rings (SSSR count). The van der Waals surface area contributed by atoms with Crippen molar-refractivity contribution >= 4 is 39.3 Å². The number of rotatable bonds is 5. The van der Waals surface area contributed by atoms with Crippen molar-refractivity contribution in [3.8, 4) is 5.75 Å². The van der Waals surface area contributed by atoms with Crippen LogP contribution in [0.5, 0.6) is 5.75 Å². The Bertz CT molecular complexity index is 1330. The van der Waals surface area contributed by atoms with E-state index in [-0.39, 0.29) is 11.8 Å². The fourth-order valence-corrected chi connectivity index (χ4v) is 5.24. The number of carbonyl (C=O) groups excluding carboxylic acids is 3. The molecule has 2 saturated heterocycles. The van der Waals surface area contributed by atoms with E-state index < -0.39 is 23.9 Å². The van der Waals surface area contributed by atoms with Gasteiger partial charge in [-0.15, -0.1) is 0 Å². The molecule has 3 aromatic carbocycles. The number of aryl methyl sites for hydroxylation is 1. The number of hydrogen-bond acceptors (Lipinski definition) is 5. The SMILES string of the molecule is CCOc1ccccc1[C@@H]1NN(C(=O)c2cccc(Br)c2)[C@@H]2C(=O)N(c3cccc(C)c3)C(=O)[C@@H]21. The molecule has 0 spiro atoms. The van der Waals surface area contributed by atoms with E-state index in [1.165, 1.54) is 9.91 Å². The summed E-state index contributed by atoms with van der Waals surface area (Å²) in [5.74, 6) is -1.36. The van der Waals surface area contributed by atoms with Crippen LogP contribution >= 0.6 is 15.9 Å². The number of ether oxygens (including phenoxy) is 1. The predicted molar refractivity (Wildman–Crippen MR) is 135 cm³/mol. The average molecular weight is 534 g/mol. The quantitative estimate of drug-likeness (QED) is 0.491. The molecule has 0 aromatic heterocycles. The molecule has 3 atom stereocenters. The summed E-state index contributed by atoms with van der Waals surface area (Å²) in [5, 5.41) is 1.32. The third-order valence-corrected chi connectivity index (χ3v) is 6.83. The molecular weight excluding hydrogens is 510 g/mol. The van der Waals surface area contributed by atoms with Gasteiger partial charge in [0.1, 0.15) is 11.8 Å². The molecule has 2 aliphatic rings. The van der Waals surface area contributed by atoms with Gasteiger partial charge < -0.3 is 4.74 Å². The first-order chi connectivity index (χ1) is 16.9. The summed E-state index contributed by atoms with van der Waals surface area (Å²) in [6, 6.07) is 20.0. The molecular formula is C27H24BrN3O4. The Balaban J connectivity index is 1.61. The van der Waals surface area contributed by atoms with Crippen LogP contribution in [0.4, 0.5) is 5.69 Å². The number of carbonyl (C=O) groups is 3. The molecule has 0 radical (unpaired) electrons. The van der Waals surface area contributed by atoms with Crippen molar-refractivity contribution in [1.29, 1.82) is 0 Å². The molecule has 8 heteroatoms. The van der Waals surface area contributed by atoms with Crippen molar-refractivity contribution in [2.24, 2.45) is 5.92 Å². The van der Waals surface area contributed by atoms with Gasteiger partial charge in [-0.1, -0.05) is 52.3 Å². The number of hydrogen-bond donors (Lipinski definition) is 1. The number of nitrogens with zero attached hydrogens (tertiary/aromatic N) is 2. The zero-order chi connectivity index (χ0) is 24.7. The van der Waals surface area contributed by atoms with Gasteiger partial charge in [0.25, 0.3) is 11.8 Å². The van der Waals surface area contributed by atoms with Crippen LogP contribution in [0.2, 0.25) is 0 Å². The minimum absolute atomic E-state index is 0.348. The summed E-state index contributed by atoms with van der Waals surface area (Å²) in [5.41, 5.74) is 5.75. The molecule has 2 aliphatic heterocycles. The number of imide groups is 1. The Morgan fingerprint density at radius 1 is 1.00 bits per heavy atom. The number of amides is 3. The smallest absolute Gasteiger partial charge is 0.268 e. The minimum atomic E-state index is -0.992. The number of para-hydroxylation sites is 1. The van der Waals surface area contributed by atoms with E-state index >= 15 is 0 Å². The number of benzene rings is 3. The number of nitrogens with one attached hydrogen (secondary N) is 1. The van der Waals surface area contributed by atoms with Crippen LogP contribution in [0.1, 0.15) is 34.5 Å². The van der Waals surface area contributed by atoms with E-state index in [2.05, 4.69) is 21.4 Å². The maximum Gasteiger partial charge on any atom is 0.268 e. The van der Waals surface area contributed by atoms with Crippen molar-refractivity contribution in [1.82, 2.24) is 10.4 Å². The second-order valence-corrected chi connectivity index (χ2v) is 9.50. The Hall–Kier alpha value is -3.49. The minimum Gasteiger partial charge on any atom is -0.494 e. The first-order valence-corrected chi connectivity index (χ1v) is 12.2. The third-order valence-electron chi connectivity index (χ3n) is 6.34. The zero-order valence-electron chi connectivity index (χ0n) is 19.3. The Labute approximate surface area is 211 Å². The summed E-state index contributed by atoms with van der Waals surface area (Å²) in [4.78, 5) is 42.4. The van der Waals surface area contributed by atoms with Gasteiger partial charge in [-0.05, 0) is 55.8 Å². The highest BCUT2D eigenvalue weighted by Gasteiger charge is 2.60. The zero-order valence-corrected chi connectivity index (χ0v) is 20.9. The van der Waals surface area contributed by atoms with Gasteiger partial charge in [0.15, 0.2) is 0 Å². The number of hydrazine groups is 1. The van der Waals surface area contributed by atoms with Crippen molar-refractivity contribution in [3.63, 3.8) is 0 Å². The highest BCUT2D eigenvalue weighted by Crippen LogP contribution is 2.44. The van der Waals surface area contributed by atoms with Crippen molar-refractivity contribution < 1.29 is 19.1 Å². The van der Waals surface area contributed by atoms with Crippen molar-refractivity contribution in [3.05, 3.63) is 94.0 Å². The van der Waals surface area contributed by atoms with Crippen molar-refractivity contribution in [2.45, 2.75) is 25.9 Å². The molecule has 178 valence electrons. The fraction of sp³-hybridized carbons (Fsp3) is 0.222. The standard InChI is InChI=1S/C27H24BrN3O4/c1-3-35-21-13-5-4-12-20(21)23-22-24(31(29-23)25(32)17-9-7-10-18(28)15-17)27(34)30(26(22)33)19-11-6-8-16(2)14-19/h4-15,22-24,29H,3H2,1-2H3/t22-,23+,24+/m1/s1. The van der Waals surface area contributed by atoms with Crippen molar-refractivity contribution in [2.75, 3.05) is 11.5 Å². The molecule has 2 heterocycles. The highest BCUT2D eigenvalue weighted by molar-refractivity contribution is 9.10. The molecule has 0 saturated carbocycles.